The molecule has 1 aromatic heterocycles. The van der Waals surface area contributed by atoms with Gasteiger partial charge in [-0.15, -0.1) is 0 Å². The number of hydrogen-bond acceptors (Lipinski definition) is 3. The van der Waals surface area contributed by atoms with Gasteiger partial charge in [0.25, 0.3) is 0 Å². The molecule has 4 heteroatoms. The van der Waals surface area contributed by atoms with Crippen LogP contribution in [0.3, 0.4) is 0 Å². The molecule has 0 spiro atoms. The molecule has 1 heterocycles. The van der Waals surface area contributed by atoms with Crippen molar-refractivity contribution < 1.29 is 4.39 Å². The number of aromatic nitrogens is 1. The van der Waals surface area contributed by atoms with Crippen LogP contribution in [-0.4, -0.2) is 4.98 Å². The third kappa shape index (κ3) is 2.55. The van der Waals surface area contributed by atoms with Crippen molar-refractivity contribution in [2.45, 2.75) is 19.9 Å². The normalized spacial score (nSPS) is 12.4. The molecular weight excluding hydrogens is 229 g/mol. The van der Waals surface area contributed by atoms with Gasteiger partial charge in [0, 0.05) is 0 Å². The molecule has 18 heavy (non-hydrogen) atoms. The second-order valence-corrected chi connectivity index (χ2v) is 4.36. The van der Waals surface area contributed by atoms with Gasteiger partial charge >= 0.3 is 0 Å². The van der Waals surface area contributed by atoms with E-state index in [2.05, 4.69) is 16.5 Å². The van der Waals surface area contributed by atoms with Gasteiger partial charge in [-0.1, -0.05) is 23.8 Å². The number of hydrogen-bond donors (Lipinski definition) is 2. The number of hydrazine groups is 1. The lowest BCUT2D eigenvalue weighted by Gasteiger charge is -2.18. The summed E-state index contributed by atoms with van der Waals surface area (Å²) in [4.78, 5) is 4.08. The van der Waals surface area contributed by atoms with Crippen LogP contribution in [0.2, 0.25) is 0 Å². The van der Waals surface area contributed by atoms with E-state index < -0.39 is 0 Å². The number of nitrogens with one attached hydrogen (secondary N) is 1. The highest BCUT2D eigenvalue weighted by molar-refractivity contribution is 5.37. The first kappa shape index (κ1) is 12.7. The Kier molecular flexibility index (Phi) is 3.69. The van der Waals surface area contributed by atoms with E-state index in [9.17, 15) is 4.39 Å². The lowest BCUT2D eigenvalue weighted by molar-refractivity contribution is 0.595. The Morgan fingerprint density at radius 2 is 2.00 bits per heavy atom. The fourth-order valence-electron chi connectivity index (χ4n) is 1.96. The first-order chi connectivity index (χ1) is 8.61. The van der Waals surface area contributed by atoms with Crippen LogP contribution in [0.15, 0.2) is 36.5 Å². The number of nitrogens with two attached hydrogens (primary N) is 1. The van der Waals surface area contributed by atoms with Crippen LogP contribution in [0.25, 0.3) is 0 Å². The van der Waals surface area contributed by atoms with Crippen molar-refractivity contribution >= 4 is 0 Å². The number of pyridine rings is 1. The van der Waals surface area contributed by atoms with Gasteiger partial charge in [0.1, 0.15) is 5.82 Å². The van der Waals surface area contributed by atoms with Crippen LogP contribution in [0.1, 0.15) is 28.4 Å². The SMILES string of the molecule is Cc1ccc(C)c(C(NN)c2ccc(F)cn2)c1. The second kappa shape index (κ2) is 5.25. The van der Waals surface area contributed by atoms with Crippen molar-refractivity contribution in [2.24, 2.45) is 5.84 Å². The lowest BCUT2D eigenvalue weighted by Crippen LogP contribution is -2.30. The van der Waals surface area contributed by atoms with Gasteiger partial charge in [0.05, 0.1) is 17.9 Å². The first-order valence-corrected chi connectivity index (χ1v) is 5.76. The Morgan fingerprint density at radius 1 is 1.22 bits per heavy atom. The Bertz CT molecular complexity index is 537. The van der Waals surface area contributed by atoms with E-state index in [0.29, 0.717) is 5.69 Å². The fourth-order valence-corrected chi connectivity index (χ4v) is 1.96. The first-order valence-electron chi connectivity index (χ1n) is 5.76. The summed E-state index contributed by atoms with van der Waals surface area (Å²) in [7, 11) is 0. The number of halogens is 1. The standard InChI is InChI=1S/C14H16FN3/c1-9-3-4-10(2)12(7-9)14(18-16)13-6-5-11(15)8-17-13/h3-8,14,18H,16H2,1-2H3. The molecule has 2 aromatic rings. The van der Waals surface area contributed by atoms with Gasteiger partial charge in [-0.05, 0) is 37.1 Å². The molecular formula is C14H16FN3. The largest absolute Gasteiger partial charge is 0.271 e. The zero-order valence-electron chi connectivity index (χ0n) is 10.4. The molecule has 3 nitrogen and oxygen atoms in total. The maximum absolute atomic E-state index is 12.9. The maximum Gasteiger partial charge on any atom is 0.141 e. The maximum atomic E-state index is 12.9. The van der Waals surface area contributed by atoms with E-state index in [0.717, 1.165) is 16.7 Å². The van der Waals surface area contributed by atoms with Crippen LogP contribution in [0, 0.1) is 19.7 Å². The molecule has 0 radical (unpaired) electrons. The monoisotopic (exact) mass is 245 g/mol. The average molecular weight is 245 g/mol. The third-order valence-electron chi connectivity index (χ3n) is 2.96. The van der Waals surface area contributed by atoms with Gasteiger partial charge < -0.3 is 0 Å². The summed E-state index contributed by atoms with van der Waals surface area (Å²) in [6.45, 7) is 4.04. The Balaban J connectivity index is 2.44. The van der Waals surface area contributed by atoms with Crippen molar-refractivity contribution in [1.82, 2.24) is 10.4 Å². The van der Waals surface area contributed by atoms with E-state index in [1.165, 1.54) is 12.3 Å². The molecule has 3 N–H and O–H groups in total. The summed E-state index contributed by atoms with van der Waals surface area (Å²) in [5.41, 5.74) is 6.76. The van der Waals surface area contributed by atoms with Crippen LogP contribution in [0.5, 0.6) is 0 Å². The highest BCUT2D eigenvalue weighted by Crippen LogP contribution is 2.23. The molecule has 0 aliphatic rings. The van der Waals surface area contributed by atoms with E-state index in [1.54, 1.807) is 6.07 Å². The Morgan fingerprint density at radius 3 is 2.61 bits per heavy atom. The summed E-state index contributed by atoms with van der Waals surface area (Å²) < 4.78 is 12.9. The van der Waals surface area contributed by atoms with E-state index in [1.807, 2.05) is 26.0 Å². The van der Waals surface area contributed by atoms with Crippen molar-refractivity contribution in [3.63, 3.8) is 0 Å². The summed E-state index contributed by atoms with van der Waals surface area (Å²) in [5, 5.41) is 0. The van der Waals surface area contributed by atoms with E-state index in [-0.39, 0.29) is 11.9 Å². The zero-order chi connectivity index (χ0) is 13.1. The molecule has 1 unspecified atom stereocenters. The van der Waals surface area contributed by atoms with Gasteiger partial charge in [0.2, 0.25) is 0 Å². The van der Waals surface area contributed by atoms with Gasteiger partial charge in [-0.25, -0.2) is 9.82 Å². The summed E-state index contributed by atoms with van der Waals surface area (Å²) in [6, 6.07) is 8.94. The molecule has 0 bridgehead atoms. The molecule has 1 aromatic carbocycles. The molecule has 0 fully saturated rings. The molecule has 94 valence electrons. The highest BCUT2D eigenvalue weighted by atomic mass is 19.1. The second-order valence-electron chi connectivity index (χ2n) is 4.36. The fraction of sp³-hybridized carbons (Fsp3) is 0.214. The highest BCUT2D eigenvalue weighted by Gasteiger charge is 2.16. The predicted molar refractivity (Wildman–Crippen MR) is 69.3 cm³/mol. The van der Waals surface area contributed by atoms with Crippen LogP contribution >= 0.6 is 0 Å². The Labute approximate surface area is 106 Å². The number of benzene rings is 1. The van der Waals surface area contributed by atoms with E-state index >= 15 is 0 Å². The molecule has 0 saturated carbocycles. The average Bonchev–Trinajstić information content (AvgIpc) is 2.37. The van der Waals surface area contributed by atoms with Gasteiger partial charge in [-0.3, -0.25) is 10.8 Å². The van der Waals surface area contributed by atoms with Crippen LogP contribution < -0.4 is 11.3 Å². The molecule has 1 atom stereocenters. The Hall–Kier alpha value is -1.78. The summed E-state index contributed by atoms with van der Waals surface area (Å²) in [6.07, 6.45) is 1.20. The van der Waals surface area contributed by atoms with Gasteiger partial charge in [0.15, 0.2) is 0 Å². The smallest absolute Gasteiger partial charge is 0.141 e. The molecule has 0 aliphatic heterocycles. The quantitative estimate of drug-likeness (QED) is 0.645. The molecule has 0 saturated heterocycles. The van der Waals surface area contributed by atoms with Crippen LogP contribution in [-0.2, 0) is 0 Å². The van der Waals surface area contributed by atoms with Crippen molar-refractivity contribution in [1.29, 1.82) is 0 Å². The minimum atomic E-state index is -0.351. The minimum absolute atomic E-state index is 0.231. The summed E-state index contributed by atoms with van der Waals surface area (Å²) >= 11 is 0. The van der Waals surface area contributed by atoms with Crippen LogP contribution in [0.4, 0.5) is 4.39 Å². The lowest BCUT2D eigenvalue weighted by atomic mass is 9.97. The third-order valence-corrected chi connectivity index (χ3v) is 2.96. The van der Waals surface area contributed by atoms with Crippen molar-refractivity contribution in [2.75, 3.05) is 0 Å². The number of nitrogens with zero attached hydrogens (tertiary/aromatic N) is 1. The van der Waals surface area contributed by atoms with Gasteiger partial charge in [-0.2, -0.15) is 0 Å². The minimum Gasteiger partial charge on any atom is -0.271 e. The van der Waals surface area contributed by atoms with E-state index in [4.69, 9.17) is 5.84 Å². The number of rotatable bonds is 3. The van der Waals surface area contributed by atoms with Crippen molar-refractivity contribution in [3.05, 3.63) is 64.7 Å². The summed E-state index contributed by atoms with van der Waals surface area (Å²) in [5.74, 6) is 5.26. The predicted octanol–water partition coefficient (Wildman–Crippen LogP) is 2.39. The molecule has 0 amide bonds. The van der Waals surface area contributed by atoms with Crippen molar-refractivity contribution in [3.8, 4) is 0 Å². The number of aryl methyl sites for hydroxylation is 2. The molecule has 2 rings (SSSR count). The zero-order valence-corrected chi connectivity index (χ0v) is 10.4. The topological polar surface area (TPSA) is 50.9 Å². The molecule has 0 aliphatic carbocycles.